The van der Waals surface area contributed by atoms with Crippen molar-refractivity contribution in [2.45, 2.75) is 18.2 Å². The van der Waals surface area contributed by atoms with Gasteiger partial charge in [-0.3, -0.25) is 0 Å². The lowest BCUT2D eigenvalue weighted by Gasteiger charge is -2.33. The molecule has 2 atom stereocenters. The van der Waals surface area contributed by atoms with E-state index in [4.69, 9.17) is 9.84 Å². The number of hydrogen-bond acceptors (Lipinski definition) is 4. The molecule has 1 saturated heterocycles. The number of morpholine rings is 1. The molecule has 1 heterocycles. The van der Waals surface area contributed by atoms with Crippen molar-refractivity contribution in [3.05, 3.63) is 0 Å². The maximum Gasteiger partial charge on any atom is 0.328 e. The van der Waals surface area contributed by atoms with Gasteiger partial charge < -0.3 is 20.1 Å². The van der Waals surface area contributed by atoms with Gasteiger partial charge in [-0.15, -0.1) is 0 Å². The van der Waals surface area contributed by atoms with E-state index in [0.29, 0.717) is 24.9 Å². The van der Waals surface area contributed by atoms with Crippen LogP contribution >= 0.6 is 11.8 Å². The normalized spacial score (nSPS) is 22.0. The molecule has 1 rings (SSSR count). The molecule has 6 nitrogen and oxygen atoms in total. The van der Waals surface area contributed by atoms with Gasteiger partial charge in [0.05, 0.1) is 13.2 Å². The van der Waals surface area contributed by atoms with E-state index in [1.807, 2.05) is 13.2 Å². The molecule has 0 bridgehead atoms. The molecule has 98 valence electrons. The number of urea groups is 1. The number of thioether (sulfide) groups is 1. The molecule has 2 unspecified atom stereocenters. The van der Waals surface area contributed by atoms with Crippen molar-refractivity contribution in [1.82, 2.24) is 10.2 Å². The van der Waals surface area contributed by atoms with Gasteiger partial charge in [0.25, 0.3) is 0 Å². The summed E-state index contributed by atoms with van der Waals surface area (Å²) in [5.74, 6) is -1.03. The first-order chi connectivity index (χ1) is 8.06. The van der Waals surface area contributed by atoms with Gasteiger partial charge in [0.15, 0.2) is 6.04 Å². The molecule has 2 amide bonds. The SMILES string of the molecule is CSC(C)CNC(=O)N1CCOCC1C(=O)O. The summed E-state index contributed by atoms with van der Waals surface area (Å²) in [6.07, 6.45) is 1.96. The monoisotopic (exact) mass is 262 g/mol. The van der Waals surface area contributed by atoms with Crippen molar-refractivity contribution >= 4 is 23.8 Å². The Balaban J connectivity index is 2.50. The highest BCUT2D eigenvalue weighted by molar-refractivity contribution is 7.99. The first kappa shape index (κ1) is 14.1. The van der Waals surface area contributed by atoms with Crippen LogP contribution in [0.5, 0.6) is 0 Å². The van der Waals surface area contributed by atoms with Crippen LogP contribution in [0, 0.1) is 0 Å². The second-order valence-electron chi connectivity index (χ2n) is 3.85. The van der Waals surface area contributed by atoms with Crippen LogP contribution in [0.2, 0.25) is 0 Å². The average Bonchev–Trinajstić information content (AvgIpc) is 2.35. The zero-order chi connectivity index (χ0) is 12.8. The third-order valence-corrected chi connectivity index (χ3v) is 3.59. The highest BCUT2D eigenvalue weighted by Gasteiger charge is 2.32. The van der Waals surface area contributed by atoms with Crippen molar-refractivity contribution in [1.29, 1.82) is 0 Å². The van der Waals surface area contributed by atoms with E-state index in [-0.39, 0.29) is 12.6 Å². The largest absolute Gasteiger partial charge is 0.480 e. The minimum Gasteiger partial charge on any atom is -0.480 e. The number of rotatable bonds is 4. The Bertz CT molecular complexity index is 287. The Labute approximate surface area is 105 Å². The first-order valence-electron chi connectivity index (χ1n) is 5.44. The number of amides is 2. The number of carbonyl (C=O) groups excluding carboxylic acids is 1. The summed E-state index contributed by atoms with van der Waals surface area (Å²) < 4.78 is 5.06. The summed E-state index contributed by atoms with van der Waals surface area (Å²) in [5.41, 5.74) is 0. The van der Waals surface area contributed by atoms with E-state index in [0.717, 1.165) is 0 Å². The average molecular weight is 262 g/mol. The van der Waals surface area contributed by atoms with Gasteiger partial charge in [-0.25, -0.2) is 9.59 Å². The Kier molecular flexibility index (Phi) is 5.57. The van der Waals surface area contributed by atoms with Crippen molar-refractivity contribution < 1.29 is 19.4 Å². The summed E-state index contributed by atoms with van der Waals surface area (Å²) in [7, 11) is 0. The highest BCUT2D eigenvalue weighted by Crippen LogP contribution is 2.08. The molecule has 7 heteroatoms. The van der Waals surface area contributed by atoms with E-state index < -0.39 is 12.0 Å². The molecule has 0 saturated carbocycles. The molecular formula is C10H18N2O4S. The Morgan fingerprint density at radius 2 is 2.35 bits per heavy atom. The number of carboxylic acid groups (broad SMARTS) is 1. The topological polar surface area (TPSA) is 78.9 Å². The maximum absolute atomic E-state index is 11.8. The zero-order valence-electron chi connectivity index (χ0n) is 10.0. The fourth-order valence-electron chi connectivity index (χ4n) is 1.47. The second-order valence-corrected chi connectivity index (χ2v) is 5.13. The van der Waals surface area contributed by atoms with Crippen molar-refractivity contribution in [3.63, 3.8) is 0 Å². The fraction of sp³-hybridized carbons (Fsp3) is 0.800. The number of carboxylic acids is 1. The number of aliphatic carboxylic acids is 1. The van der Waals surface area contributed by atoms with Gasteiger partial charge in [0.2, 0.25) is 0 Å². The van der Waals surface area contributed by atoms with Gasteiger partial charge in [0, 0.05) is 18.3 Å². The molecule has 0 aromatic heterocycles. The predicted octanol–water partition coefficient (Wildman–Crippen LogP) is 0.233. The number of carbonyl (C=O) groups is 2. The smallest absolute Gasteiger partial charge is 0.328 e. The minimum atomic E-state index is -1.03. The fourth-order valence-corrected chi connectivity index (χ4v) is 1.72. The standard InChI is InChI=1S/C10H18N2O4S/c1-7(17-2)5-11-10(15)12-3-4-16-6-8(12)9(13)14/h7-8H,3-6H2,1-2H3,(H,11,15)(H,13,14). The van der Waals surface area contributed by atoms with E-state index in [1.165, 1.54) is 4.90 Å². The molecule has 0 aliphatic carbocycles. The Morgan fingerprint density at radius 1 is 1.65 bits per heavy atom. The van der Waals surface area contributed by atoms with Gasteiger partial charge in [-0.05, 0) is 6.26 Å². The van der Waals surface area contributed by atoms with Crippen molar-refractivity contribution in [3.8, 4) is 0 Å². The van der Waals surface area contributed by atoms with Crippen LogP contribution in [0.1, 0.15) is 6.92 Å². The van der Waals surface area contributed by atoms with Crippen LogP contribution in [0.3, 0.4) is 0 Å². The maximum atomic E-state index is 11.8. The first-order valence-corrected chi connectivity index (χ1v) is 6.73. The van der Waals surface area contributed by atoms with Crippen LogP contribution < -0.4 is 5.32 Å². The lowest BCUT2D eigenvalue weighted by Crippen LogP contribution is -2.56. The molecule has 2 N–H and O–H groups in total. The van der Waals surface area contributed by atoms with Gasteiger partial charge in [-0.2, -0.15) is 11.8 Å². The van der Waals surface area contributed by atoms with E-state index in [2.05, 4.69) is 5.32 Å². The third kappa shape index (κ3) is 4.08. The predicted molar refractivity (Wildman–Crippen MR) is 65.3 cm³/mol. The quantitative estimate of drug-likeness (QED) is 0.758. The minimum absolute atomic E-state index is 0.0564. The van der Waals surface area contributed by atoms with Gasteiger partial charge in [0.1, 0.15) is 0 Å². The van der Waals surface area contributed by atoms with Crippen molar-refractivity contribution in [2.75, 3.05) is 32.6 Å². The van der Waals surface area contributed by atoms with Gasteiger partial charge >= 0.3 is 12.0 Å². The van der Waals surface area contributed by atoms with Crippen LogP contribution in [-0.2, 0) is 9.53 Å². The molecule has 1 aliphatic rings. The number of nitrogens with one attached hydrogen (secondary N) is 1. The van der Waals surface area contributed by atoms with Crippen LogP contribution in [0.15, 0.2) is 0 Å². The molecule has 0 aromatic rings. The second kappa shape index (κ2) is 6.70. The van der Waals surface area contributed by atoms with Crippen LogP contribution in [-0.4, -0.2) is 65.9 Å². The highest BCUT2D eigenvalue weighted by atomic mass is 32.2. The third-order valence-electron chi connectivity index (χ3n) is 2.62. The van der Waals surface area contributed by atoms with Gasteiger partial charge in [-0.1, -0.05) is 6.92 Å². The zero-order valence-corrected chi connectivity index (χ0v) is 10.8. The van der Waals surface area contributed by atoms with Crippen molar-refractivity contribution in [2.24, 2.45) is 0 Å². The summed E-state index contributed by atoms with van der Waals surface area (Å²) in [5, 5.41) is 12.0. The number of hydrogen-bond donors (Lipinski definition) is 2. The lowest BCUT2D eigenvalue weighted by molar-refractivity contribution is -0.147. The Morgan fingerprint density at radius 3 is 2.94 bits per heavy atom. The number of ether oxygens (including phenoxy) is 1. The lowest BCUT2D eigenvalue weighted by atomic mass is 10.2. The van der Waals surface area contributed by atoms with Crippen LogP contribution in [0.4, 0.5) is 4.79 Å². The summed E-state index contributed by atoms with van der Waals surface area (Å²) >= 11 is 1.65. The van der Waals surface area contributed by atoms with Crippen LogP contribution in [0.25, 0.3) is 0 Å². The molecule has 0 aromatic carbocycles. The molecule has 17 heavy (non-hydrogen) atoms. The summed E-state index contributed by atoms with van der Waals surface area (Å²) in [6.45, 7) is 3.29. The molecule has 0 spiro atoms. The molecule has 0 radical (unpaired) electrons. The molecule has 1 aliphatic heterocycles. The van der Waals surface area contributed by atoms with E-state index in [1.54, 1.807) is 11.8 Å². The summed E-state index contributed by atoms with van der Waals surface area (Å²) in [6, 6.07) is -1.21. The van der Waals surface area contributed by atoms with E-state index >= 15 is 0 Å². The van der Waals surface area contributed by atoms with E-state index in [9.17, 15) is 9.59 Å². The molecular weight excluding hydrogens is 244 g/mol. The Hall–Kier alpha value is -0.950. The number of nitrogens with zero attached hydrogens (tertiary/aromatic N) is 1. The summed E-state index contributed by atoms with van der Waals surface area (Å²) in [4.78, 5) is 24.1. The molecule has 1 fully saturated rings.